The van der Waals surface area contributed by atoms with Crippen LogP contribution in [0.3, 0.4) is 0 Å². The van der Waals surface area contributed by atoms with Gasteiger partial charge in [-0.05, 0) is 19.8 Å². The molecule has 3 rings (SSSR count). The van der Waals surface area contributed by atoms with Gasteiger partial charge in [0.05, 0.1) is 29.9 Å². The highest BCUT2D eigenvalue weighted by Gasteiger charge is 2.82. The van der Waals surface area contributed by atoms with Crippen molar-refractivity contribution in [1.82, 2.24) is 0 Å². The van der Waals surface area contributed by atoms with E-state index in [2.05, 4.69) is 13.8 Å². The Morgan fingerprint density at radius 3 is 1.72 bits per heavy atom. The fraction of sp³-hybridized carbons (Fsp3) is 0.882. The first-order chi connectivity index (χ1) is 14.9. The Kier molecular flexibility index (Phi) is 11.8. The number of hydrogen-bond acceptors (Lipinski definition) is 7. The van der Waals surface area contributed by atoms with Gasteiger partial charge < -0.3 is 4.52 Å². The van der Waals surface area contributed by atoms with Gasteiger partial charge in [-0.2, -0.15) is 4.21 Å². The third kappa shape index (κ3) is 5.49. The Balaban J connectivity index is 0.000000247. The van der Waals surface area contributed by atoms with Crippen LogP contribution >= 0.6 is 98.1 Å². The highest BCUT2D eigenvalue weighted by Crippen LogP contribution is 2.76. The van der Waals surface area contributed by atoms with Gasteiger partial charge in [0, 0.05) is 23.3 Å². The van der Waals surface area contributed by atoms with E-state index in [9.17, 15) is 8.77 Å². The van der Waals surface area contributed by atoms with E-state index in [0.29, 0.717) is 6.61 Å². The predicted octanol–water partition coefficient (Wildman–Crippen LogP) is 8.11. The molecule has 5 nitrogen and oxygen atoms in total. The largest absolute Gasteiger partial charge is 0.314 e. The third-order valence-corrected chi connectivity index (χ3v) is 18.1. The average molecular weight is 649 g/mol. The standard InChI is InChI=1S/C9H6Cl6O3S.C8H19O2PS2/c10-5-6(11)8(13)4-2-18-19(16)17-1-3(4)7(5,12)9(8,14)15;1-4-7-12-11(9,10-6-3)13-8-5-2/h3-4H,1-2H2;4-8H2,1-3H3. The Bertz CT molecular complexity index is 738. The van der Waals surface area contributed by atoms with Crippen molar-refractivity contribution < 1.29 is 21.7 Å². The summed E-state index contributed by atoms with van der Waals surface area (Å²) in [6, 6.07) is 0. The molecular formula is C17H25Cl6O5PS3. The molecule has 1 saturated carbocycles. The molecule has 0 N–H and O–H groups in total. The van der Waals surface area contributed by atoms with Crippen LogP contribution in [0.4, 0.5) is 0 Å². The molecule has 3 aliphatic rings. The first-order valence-corrected chi connectivity index (χ1v) is 18.0. The summed E-state index contributed by atoms with van der Waals surface area (Å²) in [5.74, 6) is -1.48. The summed E-state index contributed by atoms with van der Waals surface area (Å²) in [6.07, 6.45) is 2.10. The zero-order valence-corrected chi connectivity index (χ0v) is 25.5. The number of allylic oxidation sites excluding steroid dienone is 2. The van der Waals surface area contributed by atoms with Crippen molar-refractivity contribution in [1.29, 1.82) is 0 Å². The molecule has 0 amide bonds. The minimum Gasteiger partial charge on any atom is -0.314 e. The van der Waals surface area contributed by atoms with Crippen molar-refractivity contribution in [2.24, 2.45) is 11.8 Å². The maximum absolute atomic E-state index is 12.0. The molecule has 15 heteroatoms. The fourth-order valence-electron chi connectivity index (χ4n) is 3.64. The lowest BCUT2D eigenvalue weighted by molar-refractivity contribution is 0.207. The molecule has 4 atom stereocenters. The molecule has 188 valence electrons. The third-order valence-electron chi connectivity index (χ3n) is 5.13. The normalized spacial score (nSPS) is 35.8. The van der Waals surface area contributed by atoms with Crippen LogP contribution in [0, 0.1) is 11.8 Å². The van der Waals surface area contributed by atoms with Crippen LogP contribution in [0.2, 0.25) is 0 Å². The van der Waals surface area contributed by atoms with Gasteiger partial charge in [0.25, 0.3) is 0 Å². The second-order valence-corrected chi connectivity index (χ2v) is 18.9. The van der Waals surface area contributed by atoms with Gasteiger partial charge in [-0.15, -0.1) is 23.2 Å². The summed E-state index contributed by atoms with van der Waals surface area (Å²) in [5, 5.41) is 0.210. The van der Waals surface area contributed by atoms with E-state index in [0.717, 1.165) is 24.3 Å². The summed E-state index contributed by atoms with van der Waals surface area (Å²) < 4.78 is 37.1. The van der Waals surface area contributed by atoms with Crippen LogP contribution in [0.15, 0.2) is 10.1 Å². The topological polar surface area (TPSA) is 61.8 Å². The van der Waals surface area contributed by atoms with Gasteiger partial charge in [0.2, 0.25) is 0 Å². The maximum atomic E-state index is 12.0. The van der Waals surface area contributed by atoms with Gasteiger partial charge >= 0.3 is 17.1 Å². The molecule has 32 heavy (non-hydrogen) atoms. The van der Waals surface area contributed by atoms with E-state index in [1.54, 1.807) is 0 Å². The highest BCUT2D eigenvalue weighted by atomic mass is 35.5. The van der Waals surface area contributed by atoms with Gasteiger partial charge in [-0.3, -0.25) is 12.9 Å². The minimum atomic E-state index is -2.42. The van der Waals surface area contributed by atoms with E-state index >= 15 is 0 Å². The zero-order valence-electron chi connectivity index (χ0n) is 17.6. The second-order valence-electron chi connectivity index (χ2n) is 7.14. The second kappa shape index (κ2) is 12.3. The van der Waals surface area contributed by atoms with Crippen molar-refractivity contribution in [3.05, 3.63) is 10.1 Å². The lowest BCUT2D eigenvalue weighted by Gasteiger charge is -2.33. The molecular weight excluding hydrogens is 624 g/mol. The Labute approximate surface area is 230 Å². The number of fused-ring (bicyclic) bond motifs is 5. The Morgan fingerprint density at radius 1 is 0.969 bits per heavy atom. The molecule has 0 radical (unpaired) electrons. The minimum absolute atomic E-state index is 0.0107. The lowest BCUT2D eigenvalue weighted by Crippen LogP contribution is -2.45. The maximum Gasteiger partial charge on any atom is 0.313 e. The van der Waals surface area contributed by atoms with Crippen LogP contribution in [0.5, 0.6) is 0 Å². The SMILES string of the molecule is CCCSP(=O)(OCC)SCCC.O=S1OCC2C(CO1)C1(Cl)C(Cl)=C(Cl)C2(Cl)C1(Cl)Cl. The van der Waals surface area contributed by atoms with E-state index in [1.807, 2.05) is 6.92 Å². The van der Waals surface area contributed by atoms with Crippen LogP contribution in [0.1, 0.15) is 33.6 Å². The summed E-state index contributed by atoms with van der Waals surface area (Å²) in [4.78, 5) is -2.78. The van der Waals surface area contributed by atoms with Crippen LogP contribution in [0.25, 0.3) is 0 Å². The Hall–Kier alpha value is 2.44. The Morgan fingerprint density at radius 2 is 1.38 bits per heavy atom. The summed E-state index contributed by atoms with van der Waals surface area (Å²) in [5.41, 5.74) is 0. The summed E-state index contributed by atoms with van der Waals surface area (Å²) in [7, 11) is 0. The van der Waals surface area contributed by atoms with Gasteiger partial charge in [-0.25, -0.2) is 0 Å². The lowest BCUT2D eigenvalue weighted by atomic mass is 9.83. The molecule has 2 aliphatic carbocycles. The first kappa shape index (κ1) is 30.7. The van der Waals surface area contributed by atoms with Crippen molar-refractivity contribution in [2.75, 3.05) is 31.3 Å². The predicted molar refractivity (Wildman–Crippen MR) is 142 cm³/mol. The quantitative estimate of drug-likeness (QED) is 0.195. The molecule has 4 unspecified atom stereocenters. The van der Waals surface area contributed by atoms with E-state index in [-0.39, 0.29) is 23.3 Å². The number of hydrogen-bond donors (Lipinski definition) is 0. The van der Waals surface area contributed by atoms with Crippen molar-refractivity contribution in [3.63, 3.8) is 0 Å². The van der Waals surface area contributed by atoms with Gasteiger partial charge in [0.15, 0.2) is 4.33 Å². The number of alkyl halides is 4. The molecule has 2 bridgehead atoms. The van der Waals surface area contributed by atoms with Crippen LogP contribution < -0.4 is 0 Å². The molecule has 1 saturated heterocycles. The first-order valence-electron chi connectivity index (χ1n) is 9.91. The molecule has 2 fully saturated rings. The summed E-state index contributed by atoms with van der Waals surface area (Å²) >= 11 is 39.3. The molecule has 0 aromatic heterocycles. The van der Waals surface area contributed by atoms with Gasteiger partial charge in [-0.1, -0.05) is 83.0 Å². The molecule has 1 heterocycles. The van der Waals surface area contributed by atoms with Crippen molar-refractivity contribution in [3.8, 4) is 0 Å². The monoisotopic (exact) mass is 646 g/mol. The fourth-order valence-corrected chi connectivity index (χ4v) is 14.4. The highest BCUT2D eigenvalue weighted by molar-refractivity contribution is 8.89. The molecule has 0 aromatic rings. The zero-order chi connectivity index (χ0) is 24.4. The van der Waals surface area contributed by atoms with Crippen LogP contribution in [-0.2, 0) is 28.8 Å². The van der Waals surface area contributed by atoms with Crippen molar-refractivity contribution in [2.45, 2.75) is 47.7 Å². The van der Waals surface area contributed by atoms with Crippen molar-refractivity contribution >= 4 is 110 Å². The van der Waals surface area contributed by atoms with Gasteiger partial charge in [0.1, 0.15) is 9.75 Å². The van der Waals surface area contributed by atoms with Crippen LogP contribution in [-0.4, -0.2) is 49.6 Å². The number of halogens is 6. The van der Waals surface area contributed by atoms with E-state index in [1.165, 1.54) is 22.8 Å². The molecule has 0 aromatic carbocycles. The van der Waals surface area contributed by atoms with E-state index in [4.69, 9.17) is 82.5 Å². The molecule has 1 aliphatic heterocycles. The smallest absolute Gasteiger partial charge is 0.313 e. The average Bonchev–Trinajstić information content (AvgIpc) is 2.90. The number of rotatable bonds is 8. The van der Waals surface area contributed by atoms with E-state index < -0.39 is 43.1 Å². The molecule has 0 spiro atoms. The summed E-state index contributed by atoms with van der Waals surface area (Å²) in [6.45, 7) is 6.64.